The molecule has 2 heterocycles. The summed E-state index contributed by atoms with van der Waals surface area (Å²) in [7, 11) is 0. The van der Waals surface area contributed by atoms with Crippen LogP contribution in [0.3, 0.4) is 0 Å². The van der Waals surface area contributed by atoms with Crippen molar-refractivity contribution in [2.45, 2.75) is 44.2 Å². The van der Waals surface area contributed by atoms with Gasteiger partial charge in [0.05, 0.1) is 0 Å². The maximum Gasteiger partial charge on any atom is 0.419 e. The quantitative estimate of drug-likeness (QED) is 0.600. The topological polar surface area (TPSA) is 61.9 Å². The molecule has 9 heteroatoms. The fraction of sp³-hybridized carbons (Fsp3) is 0.440. The number of likely N-dealkylation sites (tertiary alicyclic amines) is 1. The largest absolute Gasteiger partial charge is 0.443 e. The highest BCUT2D eigenvalue weighted by Gasteiger charge is 2.44. The molecular formula is C25H28F3N3O3. The lowest BCUT2D eigenvalue weighted by molar-refractivity contribution is 0.138. The summed E-state index contributed by atoms with van der Waals surface area (Å²) < 4.78 is 45.3. The average molecular weight is 476 g/mol. The van der Waals surface area contributed by atoms with Crippen LogP contribution in [0.4, 0.5) is 22.8 Å². The van der Waals surface area contributed by atoms with E-state index in [9.17, 15) is 22.8 Å². The first kappa shape index (κ1) is 24.1. The number of rotatable bonds is 6. The molecule has 2 atom stereocenters. The van der Waals surface area contributed by atoms with E-state index in [2.05, 4.69) is 10.2 Å². The molecule has 1 N–H and O–H groups in total. The van der Waals surface area contributed by atoms with Crippen LogP contribution in [0.2, 0.25) is 0 Å². The molecule has 0 spiro atoms. The van der Waals surface area contributed by atoms with Gasteiger partial charge in [-0.05, 0) is 87.1 Å². The van der Waals surface area contributed by atoms with E-state index in [1.54, 1.807) is 6.92 Å². The van der Waals surface area contributed by atoms with Crippen molar-refractivity contribution in [3.63, 3.8) is 0 Å². The fourth-order valence-corrected chi connectivity index (χ4v) is 4.74. The molecule has 2 aliphatic rings. The van der Waals surface area contributed by atoms with Crippen LogP contribution in [-0.4, -0.2) is 54.2 Å². The van der Waals surface area contributed by atoms with Gasteiger partial charge in [-0.3, -0.25) is 0 Å². The first-order valence-corrected chi connectivity index (χ1v) is 11.5. The molecule has 0 saturated carbocycles. The van der Waals surface area contributed by atoms with Crippen molar-refractivity contribution < 1.29 is 27.5 Å². The SMILES string of the molecule is C[C@@H]1OC(=O)N(C(=O)NCCCN2CCC(c3ccc(F)cc3)CC2)[C@@H]1c1ccc(F)c(F)c1. The number of halogens is 3. The molecule has 6 nitrogen and oxygen atoms in total. The van der Waals surface area contributed by atoms with Gasteiger partial charge >= 0.3 is 12.1 Å². The van der Waals surface area contributed by atoms with Crippen LogP contribution < -0.4 is 5.32 Å². The van der Waals surface area contributed by atoms with Crippen LogP contribution in [0, 0.1) is 17.5 Å². The summed E-state index contributed by atoms with van der Waals surface area (Å²) in [6, 6.07) is 8.52. The average Bonchev–Trinajstić information content (AvgIpc) is 3.13. The smallest absolute Gasteiger partial charge is 0.419 e. The molecule has 0 bridgehead atoms. The summed E-state index contributed by atoms with van der Waals surface area (Å²) in [5.41, 5.74) is 1.45. The van der Waals surface area contributed by atoms with Gasteiger partial charge in [-0.2, -0.15) is 0 Å². The van der Waals surface area contributed by atoms with E-state index in [0.717, 1.165) is 55.1 Å². The van der Waals surface area contributed by atoms with Crippen LogP contribution in [0.25, 0.3) is 0 Å². The van der Waals surface area contributed by atoms with Crippen molar-refractivity contribution in [2.75, 3.05) is 26.2 Å². The van der Waals surface area contributed by atoms with Crippen molar-refractivity contribution in [1.29, 1.82) is 0 Å². The Balaban J connectivity index is 1.24. The number of amides is 3. The van der Waals surface area contributed by atoms with Gasteiger partial charge in [-0.15, -0.1) is 0 Å². The minimum absolute atomic E-state index is 0.226. The second-order valence-corrected chi connectivity index (χ2v) is 8.83. The van der Waals surface area contributed by atoms with Crippen LogP contribution in [0.1, 0.15) is 49.3 Å². The highest BCUT2D eigenvalue weighted by molar-refractivity contribution is 5.93. The highest BCUT2D eigenvalue weighted by Crippen LogP contribution is 2.34. The molecule has 2 fully saturated rings. The van der Waals surface area contributed by atoms with E-state index in [-0.39, 0.29) is 11.4 Å². The second kappa shape index (κ2) is 10.5. The van der Waals surface area contributed by atoms with E-state index in [4.69, 9.17) is 4.74 Å². The predicted octanol–water partition coefficient (Wildman–Crippen LogP) is 4.97. The molecule has 182 valence electrons. The lowest BCUT2D eigenvalue weighted by atomic mass is 9.89. The van der Waals surface area contributed by atoms with Gasteiger partial charge in [0.25, 0.3) is 0 Å². The maximum absolute atomic E-state index is 13.7. The van der Waals surface area contributed by atoms with Crippen LogP contribution in [0.15, 0.2) is 42.5 Å². The third kappa shape index (κ3) is 5.35. The van der Waals surface area contributed by atoms with Crippen molar-refractivity contribution in [3.05, 3.63) is 71.0 Å². The van der Waals surface area contributed by atoms with E-state index in [1.807, 2.05) is 12.1 Å². The number of carbonyl (C=O) groups excluding carboxylic acids is 2. The number of ether oxygens (including phenoxy) is 1. The number of hydrogen-bond donors (Lipinski definition) is 1. The van der Waals surface area contributed by atoms with Gasteiger partial charge in [0.1, 0.15) is 18.0 Å². The van der Waals surface area contributed by atoms with Gasteiger partial charge in [-0.1, -0.05) is 18.2 Å². The number of benzene rings is 2. The van der Waals surface area contributed by atoms with E-state index >= 15 is 0 Å². The molecule has 34 heavy (non-hydrogen) atoms. The molecule has 0 aromatic heterocycles. The zero-order valence-corrected chi connectivity index (χ0v) is 19.0. The number of urea groups is 1. The van der Waals surface area contributed by atoms with Gasteiger partial charge < -0.3 is 15.0 Å². The van der Waals surface area contributed by atoms with E-state index in [0.29, 0.717) is 18.9 Å². The molecule has 2 aliphatic heterocycles. The Morgan fingerprint density at radius 2 is 1.71 bits per heavy atom. The Morgan fingerprint density at radius 1 is 1.03 bits per heavy atom. The molecule has 0 aliphatic carbocycles. The fourth-order valence-electron chi connectivity index (χ4n) is 4.74. The number of cyclic esters (lactones) is 1. The van der Waals surface area contributed by atoms with Crippen LogP contribution in [0.5, 0.6) is 0 Å². The summed E-state index contributed by atoms with van der Waals surface area (Å²) >= 11 is 0. The summed E-state index contributed by atoms with van der Waals surface area (Å²) in [5.74, 6) is -1.85. The zero-order chi connectivity index (χ0) is 24.2. The number of hydrogen-bond acceptors (Lipinski definition) is 4. The van der Waals surface area contributed by atoms with Crippen LogP contribution in [-0.2, 0) is 4.74 Å². The lowest BCUT2D eigenvalue weighted by Crippen LogP contribution is -2.43. The lowest BCUT2D eigenvalue weighted by Gasteiger charge is -2.32. The minimum atomic E-state index is -1.05. The number of nitrogens with zero attached hydrogens (tertiary/aromatic N) is 2. The Kier molecular flexibility index (Phi) is 7.41. The normalized spacial score (nSPS) is 21.5. The van der Waals surface area contributed by atoms with Gasteiger partial charge in [0, 0.05) is 6.54 Å². The molecule has 2 aromatic carbocycles. The molecular weight excluding hydrogens is 447 g/mol. The van der Waals surface area contributed by atoms with Crippen molar-refractivity contribution in [3.8, 4) is 0 Å². The van der Waals surface area contributed by atoms with Crippen molar-refractivity contribution >= 4 is 12.1 Å². The Labute approximate surface area is 196 Å². The summed E-state index contributed by atoms with van der Waals surface area (Å²) in [6.07, 6.45) is 1.17. The number of carbonyl (C=O) groups is 2. The van der Waals surface area contributed by atoms with Crippen molar-refractivity contribution in [1.82, 2.24) is 15.1 Å². The Bertz CT molecular complexity index is 1030. The first-order valence-electron chi connectivity index (χ1n) is 11.5. The third-order valence-electron chi connectivity index (χ3n) is 6.57. The molecule has 3 amide bonds. The second-order valence-electron chi connectivity index (χ2n) is 8.83. The summed E-state index contributed by atoms with van der Waals surface area (Å²) in [5, 5.41) is 2.74. The Morgan fingerprint density at radius 3 is 2.38 bits per heavy atom. The van der Waals surface area contributed by atoms with Gasteiger partial charge in [-0.25, -0.2) is 27.7 Å². The van der Waals surface area contributed by atoms with Gasteiger partial charge in [0.2, 0.25) is 0 Å². The van der Waals surface area contributed by atoms with Crippen molar-refractivity contribution in [2.24, 2.45) is 0 Å². The van der Waals surface area contributed by atoms with Gasteiger partial charge in [0.15, 0.2) is 11.6 Å². The van der Waals surface area contributed by atoms with E-state index < -0.39 is 35.9 Å². The molecule has 0 unspecified atom stereocenters. The predicted molar refractivity (Wildman–Crippen MR) is 120 cm³/mol. The molecule has 0 radical (unpaired) electrons. The maximum atomic E-state index is 13.7. The molecule has 4 rings (SSSR count). The Hall–Kier alpha value is -3.07. The number of nitrogens with one attached hydrogen (secondary N) is 1. The number of piperidine rings is 1. The first-order chi connectivity index (χ1) is 16.3. The highest BCUT2D eigenvalue weighted by atomic mass is 19.2. The minimum Gasteiger partial charge on any atom is -0.443 e. The molecule has 2 aromatic rings. The standard InChI is InChI=1S/C25H28F3N3O3/c1-16-23(19-5-8-21(27)22(28)15-19)31(25(33)34-16)24(32)29-11-2-12-30-13-9-18(10-14-30)17-3-6-20(26)7-4-17/h3-8,15-16,18,23H,2,9-14H2,1H3,(H,29,32)/t16-,23-/m0/s1. The number of imide groups is 1. The monoisotopic (exact) mass is 475 g/mol. The van der Waals surface area contributed by atoms with E-state index in [1.165, 1.54) is 18.2 Å². The molecule has 2 saturated heterocycles. The zero-order valence-electron chi connectivity index (χ0n) is 19.0. The third-order valence-corrected chi connectivity index (χ3v) is 6.57. The van der Waals surface area contributed by atoms with Crippen LogP contribution >= 0.6 is 0 Å². The summed E-state index contributed by atoms with van der Waals surface area (Å²) in [4.78, 5) is 28.2. The summed E-state index contributed by atoms with van der Waals surface area (Å²) in [6.45, 7) is 4.60.